The van der Waals surface area contributed by atoms with E-state index >= 15 is 0 Å². The maximum atomic E-state index is 13.1. The van der Waals surface area contributed by atoms with Crippen LogP contribution in [0.3, 0.4) is 0 Å². The van der Waals surface area contributed by atoms with E-state index in [1.54, 1.807) is 18.2 Å². The number of anilines is 2. The van der Waals surface area contributed by atoms with Crippen LogP contribution >= 0.6 is 23.2 Å². The lowest BCUT2D eigenvalue weighted by Gasteiger charge is -2.49. The number of nitrogens with one attached hydrogen (secondary N) is 3. The summed E-state index contributed by atoms with van der Waals surface area (Å²) in [6.45, 7) is 7.09. The number of nitrogens with zero attached hydrogens (tertiary/aromatic N) is 3. The van der Waals surface area contributed by atoms with Gasteiger partial charge in [-0.2, -0.15) is 5.10 Å². The highest BCUT2D eigenvalue weighted by atomic mass is 35.5. The van der Waals surface area contributed by atoms with Crippen molar-refractivity contribution in [3.8, 4) is 0 Å². The molecule has 1 aliphatic heterocycles. The summed E-state index contributed by atoms with van der Waals surface area (Å²) < 4.78 is 8.12. The van der Waals surface area contributed by atoms with Crippen LogP contribution in [0.5, 0.6) is 0 Å². The van der Waals surface area contributed by atoms with E-state index in [1.165, 1.54) is 32.1 Å². The van der Waals surface area contributed by atoms with Gasteiger partial charge in [-0.15, -0.1) is 0 Å². The maximum absolute atomic E-state index is 13.1. The van der Waals surface area contributed by atoms with Gasteiger partial charge in [-0.3, -0.25) is 14.8 Å². The second-order valence-electron chi connectivity index (χ2n) is 10.9. The van der Waals surface area contributed by atoms with Gasteiger partial charge >= 0.3 is 0 Å². The number of ether oxygens (including phenoxy) is 1. The molecule has 10 heteroatoms. The summed E-state index contributed by atoms with van der Waals surface area (Å²) in [5, 5.41) is 14.6. The molecule has 1 aromatic carbocycles. The van der Waals surface area contributed by atoms with Gasteiger partial charge < -0.3 is 15.4 Å². The second-order valence-corrected chi connectivity index (χ2v) is 11.7. The fraction of sp³-hybridized carbons (Fsp3) is 0.536. The van der Waals surface area contributed by atoms with Crippen LogP contribution in [0.15, 0.2) is 47.0 Å². The standard InChI is InChI=1S/C28H36Cl2N6O2/c1-4-17(3)11-28(5-2)12-19(13-28)36-16-18(14-32-36)33-27-31-15-21(26(35-27)38-20-9-10-20)25(37)34-24-22(29)7-6-8-23(24)30/h6-8,14,16-17,19-20H,4-5,9-13,15H2,1-3H3,(H,34,37)(H2,31,33,35). The third-order valence-electron chi connectivity index (χ3n) is 7.99. The van der Waals surface area contributed by atoms with Crippen molar-refractivity contribution >= 4 is 46.4 Å². The number of halogens is 2. The van der Waals surface area contributed by atoms with Crippen molar-refractivity contribution in [1.29, 1.82) is 0 Å². The Bertz CT molecular complexity index is 1230. The van der Waals surface area contributed by atoms with Gasteiger partial charge in [0.1, 0.15) is 6.10 Å². The average molecular weight is 560 g/mol. The van der Waals surface area contributed by atoms with Crippen molar-refractivity contribution in [1.82, 2.24) is 15.1 Å². The summed E-state index contributed by atoms with van der Waals surface area (Å²) >= 11 is 12.5. The molecule has 1 amide bonds. The number of amides is 1. The summed E-state index contributed by atoms with van der Waals surface area (Å²) in [5.41, 5.74) is 2.04. The Morgan fingerprint density at radius 3 is 2.66 bits per heavy atom. The van der Waals surface area contributed by atoms with E-state index in [-0.39, 0.29) is 18.6 Å². The Morgan fingerprint density at radius 1 is 1.26 bits per heavy atom. The normalized spacial score (nSPS) is 23.7. The molecular weight excluding hydrogens is 523 g/mol. The number of carbonyl (C=O) groups excluding carboxylic acids is 1. The van der Waals surface area contributed by atoms with E-state index in [4.69, 9.17) is 27.9 Å². The van der Waals surface area contributed by atoms with Crippen molar-refractivity contribution in [2.45, 2.75) is 77.9 Å². The molecular formula is C28H36Cl2N6O2. The molecule has 2 saturated carbocycles. The molecule has 1 aromatic heterocycles. The molecule has 1 atom stereocenters. The number of hydrogen-bond acceptors (Lipinski definition) is 6. The van der Waals surface area contributed by atoms with Crippen LogP contribution < -0.4 is 16.0 Å². The van der Waals surface area contributed by atoms with Gasteiger partial charge in [0.2, 0.25) is 11.8 Å². The molecule has 5 rings (SSSR count). The molecule has 2 fully saturated rings. The molecule has 0 saturated heterocycles. The molecule has 8 nitrogen and oxygen atoms in total. The Balaban J connectivity index is 1.22. The Labute approximate surface area is 234 Å². The first kappa shape index (κ1) is 26.9. The smallest absolute Gasteiger partial charge is 0.258 e. The zero-order chi connectivity index (χ0) is 26.9. The number of guanidine groups is 1. The molecule has 3 aliphatic rings. The molecule has 0 bridgehead atoms. The van der Waals surface area contributed by atoms with Gasteiger partial charge in [-0.1, -0.05) is 62.9 Å². The topological polar surface area (TPSA) is 92.6 Å². The first-order valence-electron chi connectivity index (χ1n) is 13.6. The van der Waals surface area contributed by atoms with Crippen molar-refractivity contribution in [2.24, 2.45) is 16.3 Å². The molecule has 0 radical (unpaired) electrons. The minimum absolute atomic E-state index is 0.0965. The van der Waals surface area contributed by atoms with Gasteiger partial charge in [0, 0.05) is 6.20 Å². The largest absolute Gasteiger partial charge is 0.475 e. The fourth-order valence-electron chi connectivity index (χ4n) is 5.31. The number of benzene rings is 1. The van der Waals surface area contributed by atoms with E-state index in [0.717, 1.165) is 24.4 Å². The highest BCUT2D eigenvalue weighted by Gasteiger charge is 2.44. The third-order valence-corrected chi connectivity index (χ3v) is 8.62. The predicted molar refractivity (Wildman–Crippen MR) is 153 cm³/mol. The monoisotopic (exact) mass is 558 g/mol. The molecule has 2 heterocycles. The van der Waals surface area contributed by atoms with Crippen LogP contribution in [0.1, 0.15) is 71.8 Å². The quantitative estimate of drug-likeness (QED) is 0.299. The minimum atomic E-state index is -0.361. The van der Waals surface area contributed by atoms with Crippen LogP contribution in [-0.2, 0) is 9.53 Å². The minimum Gasteiger partial charge on any atom is -0.475 e. The van der Waals surface area contributed by atoms with Crippen molar-refractivity contribution in [3.05, 3.63) is 52.1 Å². The molecule has 2 aliphatic carbocycles. The highest BCUT2D eigenvalue weighted by molar-refractivity contribution is 6.40. The van der Waals surface area contributed by atoms with E-state index in [9.17, 15) is 4.79 Å². The number of hydrogen-bond donors (Lipinski definition) is 3. The molecule has 1 unspecified atom stereocenters. The second kappa shape index (κ2) is 11.2. The Morgan fingerprint density at radius 2 is 2.00 bits per heavy atom. The van der Waals surface area contributed by atoms with E-state index in [0.29, 0.717) is 44.6 Å². The zero-order valence-electron chi connectivity index (χ0n) is 22.2. The predicted octanol–water partition coefficient (Wildman–Crippen LogP) is 6.76. The molecule has 38 heavy (non-hydrogen) atoms. The molecule has 2 aromatic rings. The lowest BCUT2D eigenvalue weighted by molar-refractivity contribution is -0.113. The summed E-state index contributed by atoms with van der Waals surface area (Å²) in [7, 11) is 0. The highest BCUT2D eigenvalue weighted by Crippen LogP contribution is 2.54. The lowest BCUT2D eigenvalue weighted by atomic mass is 9.60. The van der Waals surface area contributed by atoms with E-state index in [2.05, 4.69) is 51.5 Å². The molecule has 3 N–H and O–H groups in total. The van der Waals surface area contributed by atoms with Crippen molar-refractivity contribution in [2.75, 3.05) is 17.2 Å². The van der Waals surface area contributed by atoms with Gasteiger partial charge in [-0.05, 0) is 55.6 Å². The average Bonchev–Trinajstić information content (AvgIpc) is 3.58. The van der Waals surface area contributed by atoms with Gasteiger partial charge in [0.25, 0.3) is 5.91 Å². The lowest BCUT2D eigenvalue weighted by Crippen LogP contribution is -2.39. The zero-order valence-corrected chi connectivity index (χ0v) is 23.7. The summed E-state index contributed by atoms with van der Waals surface area (Å²) in [4.78, 5) is 17.7. The number of aliphatic imine (C=N–C) groups is 1. The molecule has 204 valence electrons. The van der Waals surface area contributed by atoms with Crippen molar-refractivity contribution in [3.63, 3.8) is 0 Å². The van der Waals surface area contributed by atoms with Crippen LogP contribution in [0.2, 0.25) is 10.0 Å². The first-order valence-corrected chi connectivity index (χ1v) is 14.3. The maximum Gasteiger partial charge on any atom is 0.258 e. The summed E-state index contributed by atoms with van der Waals surface area (Å²) in [5.74, 6) is 1.31. The van der Waals surface area contributed by atoms with Gasteiger partial charge in [-0.25, -0.2) is 4.99 Å². The SMILES string of the molecule is CCC(C)CC1(CC)CC(n2cc(NC3=NCC(C(=O)Nc4c(Cl)cccc4Cl)=C(OC4CC4)N3)cn2)C1. The number of aromatic nitrogens is 2. The third kappa shape index (κ3) is 5.96. The Hall–Kier alpha value is -2.71. The number of para-hydroxylation sites is 1. The van der Waals surface area contributed by atoms with Gasteiger partial charge in [0.05, 0.1) is 45.8 Å². The van der Waals surface area contributed by atoms with Crippen LogP contribution in [0.4, 0.5) is 11.4 Å². The fourth-order valence-corrected chi connectivity index (χ4v) is 5.80. The van der Waals surface area contributed by atoms with Crippen LogP contribution in [0.25, 0.3) is 0 Å². The first-order chi connectivity index (χ1) is 18.3. The molecule has 0 spiro atoms. The van der Waals surface area contributed by atoms with Crippen molar-refractivity contribution < 1.29 is 9.53 Å². The summed E-state index contributed by atoms with van der Waals surface area (Å²) in [6, 6.07) is 5.51. The van der Waals surface area contributed by atoms with Crippen LogP contribution in [-0.4, -0.2) is 34.3 Å². The number of carbonyl (C=O) groups is 1. The Kier molecular flexibility index (Phi) is 7.91. The van der Waals surface area contributed by atoms with E-state index in [1.807, 2.05) is 12.4 Å². The number of rotatable bonds is 10. The summed E-state index contributed by atoms with van der Waals surface area (Å²) in [6.07, 6.45) is 11.9. The van der Waals surface area contributed by atoms with E-state index < -0.39 is 0 Å². The van der Waals surface area contributed by atoms with Crippen LogP contribution in [0, 0.1) is 11.3 Å². The van der Waals surface area contributed by atoms with Gasteiger partial charge in [0.15, 0.2) is 0 Å².